The summed E-state index contributed by atoms with van der Waals surface area (Å²) in [5, 5.41) is 2.66. The molecule has 16 heavy (non-hydrogen) atoms. The van der Waals surface area contributed by atoms with Gasteiger partial charge in [-0.05, 0) is 37.1 Å². The van der Waals surface area contributed by atoms with Gasteiger partial charge in [-0.1, -0.05) is 6.07 Å². The lowest BCUT2D eigenvalue weighted by molar-refractivity contribution is -0.124. The van der Waals surface area contributed by atoms with Crippen molar-refractivity contribution in [2.24, 2.45) is 0 Å². The molecule has 0 aliphatic rings. The third-order valence-corrected chi connectivity index (χ3v) is 2.60. The molecule has 1 rings (SSSR count). The van der Waals surface area contributed by atoms with Crippen molar-refractivity contribution in [2.75, 3.05) is 11.2 Å². The first-order chi connectivity index (χ1) is 7.52. The van der Waals surface area contributed by atoms with Crippen LogP contribution in [0.4, 0.5) is 5.69 Å². The van der Waals surface area contributed by atoms with Gasteiger partial charge in [0.1, 0.15) is 0 Å². The van der Waals surface area contributed by atoms with Crippen LogP contribution in [0.25, 0.3) is 0 Å². The van der Waals surface area contributed by atoms with E-state index in [-0.39, 0.29) is 24.0 Å². The summed E-state index contributed by atoms with van der Waals surface area (Å²) in [5.74, 6) is -0.725. The van der Waals surface area contributed by atoms with Crippen LogP contribution < -0.4 is 5.32 Å². The topological polar surface area (TPSA) is 46.2 Å². The van der Waals surface area contributed by atoms with Gasteiger partial charge < -0.3 is 5.32 Å². The van der Waals surface area contributed by atoms with Crippen LogP contribution in [0.15, 0.2) is 18.2 Å². The maximum absolute atomic E-state index is 11.4. The molecule has 86 valence electrons. The highest BCUT2D eigenvalue weighted by Gasteiger charge is 2.08. The maximum atomic E-state index is 11.4. The van der Waals surface area contributed by atoms with E-state index in [1.54, 1.807) is 0 Å². The van der Waals surface area contributed by atoms with Crippen molar-refractivity contribution in [1.82, 2.24) is 0 Å². The Kier molecular flexibility index (Phi) is 4.50. The molecule has 1 aromatic carbocycles. The number of carbonyl (C=O) groups is 2. The number of carbonyl (C=O) groups excluding carboxylic acids is 2. The van der Waals surface area contributed by atoms with E-state index in [9.17, 15) is 9.59 Å². The summed E-state index contributed by atoms with van der Waals surface area (Å²) in [6.45, 7) is 3.97. The molecule has 4 heteroatoms. The molecule has 0 atom stereocenters. The van der Waals surface area contributed by atoms with Crippen LogP contribution >= 0.6 is 11.6 Å². The largest absolute Gasteiger partial charge is 0.326 e. The van der Waals surface area contributed by atoms with Gasteiger partial charge in [-0.25, -0.2) is 0 Å². The summed E-state index contributed by atoms with van der Waals surface area (Å²) < 4.78 is 0. The van der Waals surface area contributed by atoms with Gasteiger partial charge in [0.2, 0.25) is 5.91 Å². The van der Waals surface area contributed by atoms with Crippen LogP contribution in [0, 0.1) is 13.8 Å². The van der Waals surface area contributed by atoms with Gasteiger partial charge in [0.05, 0.1) is 12.3 Å². The number of rotatable bonds is 4. The Balaban J connectivity index is 2.63. The van der Waals surface area contributed by atoms with E-state index < -0.39 is 0 Å². The van der Waals surface area contributed by atoms with E-state index in [4.69, 9.17) is 11.6 Å². The fourth-order valence-electron chi connectivity index (χ4n) is 1.25. The lowest BCUT2D eigenvalue weighted by atomic mass is 10.1. The number of hydrogen-bond acceptors (Lipinski definition) is 2. The van der Waals surface area contributed by atoms with Crippen LogP contribution in [0.1, 0.15) is 17.5 Å². The SMILES string of the molecule is Cc1ccc(NC(=O)CC(=O)CCl)cc1C. The Morgan fingerprint density at radius 2 is 1.94 bits per heavy atom. The summed E-state index contributed by atoms with van der Waals surface area (Å²) in [4.78, 5) is 22.3. The highest BCUT2D eigenvalue weighted by molar-refractivity contribution is 6.29. The summed E-state index contributed by atoms with van der Waals surface area (Å²) >= 11 is 5.32. The fourth-order valence-corrected chi connectivity index (χ4v) is 1.35. The Morgan fingerprint density at radius 3 is 2.50 bits per heavy atom. The monoisotopic (exact) mass is 239 g/mol. The zero-order valence-electron chi connectivity index (χ0n) is 9.34. The molecule has 0 bridgehead atoms. The Bertz CT molecular complexity index is 415. The maximum Gasteiger partial charge on any atom is 0.231 e. The predicted octanol–water partition coefficient (Wildman–Crippen LogP) is 2.44. The summed E-state index contributed by atoms with van der Waals surface area (Å²) in [6, 6.07) is 5.61. The van der Waals surface area contributed by atoms with Gasteiger partial charge in [-0.3, -0.25) is 9.59 Å². The smallest absolute Gasteiger partial charge is 0.231 e. The van der Waals surface area contributed by atoms with Crippen molar-refractivity contribution in [1.29, 1.82) is 0 Å². The zero-order chi connectivity index (χ0) is 12.1. The van der Waals surface area contributed by atoms with E-state index >= 15 is 0 Å². The zero-order valence-corrected chi connectivity index (χ0v) is 10.1. The summed E-state index contributed by atoms with van der Waals surface area (Å²) in [6.07, 6.45) is -0.170. The van der Waals surface area contributed by atoms with E-state index in [0.717, 1.165) is 11.1 Å². The summed E-state index contributed by atoms with van der Waals surface area (Å²) in [7, 11) is 0. The van der Waals surface area contributed by atoms with E-state index in [1.807, 2.05) is 32.0 Å². The second-order valence-corrected chi connectivity index (χ2v) is 3.96. The highest BCUT2D eigenvalue weighted by atomic mass is 35.5. The number of nitrogens with one attached hydrogen (secondary N) is 1. The third-order valence-electron chi connectivity index (χ3n) is 2.30. The molecule has 0 fully saturated rings. The van der Waals surface area contributed by atoms with Crippen molar-refractivity contribution < 1.29 is 9.59 Å². The number of benzene rings is 1. The van der Waals surface area contributed by atoms with Crippen molar-refractivity contribution in [3.8, 4) is 0 Å². The minimum absolute atomic E-state index is 0.125. The van der Waals surface area contributed by atoms with Crippen molar-refractivity contribution in [3.63, 3.8) is 0 Å². The van der Waals surface area contributed by atoms with Crippen LogP contribution in [0.3, 0.4) is 0 Å². The van der Waals surface area contributed by atoms with Gasteiger partial charge in [0, 0.05) is 5.69 Å². The quantitative estimate of drug-likeness (QED) is 0.648. The van der Waals surface area contributed by atoms with E-state index in [0.29, 0.717) is 5.69 Å². The average molecular weight is 240 g/mol. The molecule has 1 aromatic rings. The third kappa shape index (κ3) is 3.66. The van der Waals surface area contributed by atoms with Crippen molar-refractivity contribution in [2.45, 2.75) is 20.3 Å². The number of halogens is 1. The van der Waals surface area contributed by atoms with Crippen LogP contribution in [-0.2, 0) is 9.59 Å². The minimum atomic E-state index is -0.325. The molecule has 3 nitrogen and oxygen atoms in total. The molecule has 0 saturated heterocycles. The number of Topliss-reactive ketones (excluding diaryl/α,β-unsaturated/α-hetero) is 1. The second-order valence-electron chi connectivity index (χ2n) is 3.70. The second kappa shape index (κ2) is 5.66. The molecule has 0 aliphatic heterocycles. The van der Waals surface area contributed by atoms with Crippen LogP contribution in [0.5, 0.6) is 0 Å². The van der Waals surface area contributed by atoms with Gasteiger partial charge >= 0.3 is 0 Å². The molecule has 0 spiro atoms. The number of anilines is 1. The number of hydrogen-bond donors (Lipinski definition) is 1. The van der Waals surface area contributed by atoms with Crippen molar-refractivity contribution >= 4 is 29.0 Å². The number of ketones is 1. The lowest BCUT2D eigenvalue weighted by Gasteiger charge is -2.06. The van der Waals surface area contributed by atoms with Gasteiger partial charge in [-0.2, -0.15) is 0 Å². The Hall–Kier alpha value is -1.35. The number of alkyl halides is 1. The predicted molar refractivity (Wildman–Crippen MR) is 64.9 cm³/mol. The molecule has 0 unspecified atom stereocenters. The first-order valence-corrected chi connectivity index (χ1v) is 5.51. The average Bonchev–Trinajstić information content (AvgIpc) is 2.23. The molecule has 0 heterocycles. The molecule has 0 aromatic heterocycles. The Morgan fingerprint density at radius 1 is 1.25 bits per heavy atom. The first-order valence-electron chi connectivity index (χ1n) is 4.97. The number of aryl methyl sites for hydroxylation is 2. The van der Waals surface area contributed by atoms with Crippen molar-refractivity contribution in [3.05, 3.63) is 29.3 Å². The fraction of sp³-hybridized carbons (Fsp3) is 0.333. The molecular formula is C12H14ClNO2. The minimum Gasteiger partial charge on any atom is -0.326 e. The number of amides is 1. The normalized spacial score (nSPS) is 9.94. The molecule has 0 aliphatic carbocycles. The van der Waals surface area contributed by atoms with E-state index in [2.05, 4.69) is 5.32 Å². The standard InChI is InChI=1S/C12H14ClNO2/c1-8-3-4-10(5-9(8)2)14-12(16)6-11(15)7-13/h3-5H,6-7H2,1-2H3,(H,14,16). The van der Waals surface area contributed by atoms with Crippen LogP contribution in [0.2, 0.25) is 0 Å². The Labute approximate surface area is 99.8 Å². The first kappa shape index (κ1) is 12.7. The van der Waals surface area contributed by atoms with Crippen LogP contribution in [-0.4, -0.2) is 17.6 Å². The van der Waals surface area contributed by atoms with E-state index in [1.165, 1.54) is 0 Å². The molecule has 1 N–H and O–H groups in total. The molecule has 0 radical (unpaired) electrons. The highest BCUT2D eigenvalue weighted by Crippen LogP contribution is 2.14. The van der Waals surface area contributed by atoms with Gasteiger partial charge in [-0.15, -0.1) is 11.6 Å². The van der Waals surface area contributed by atoms with Gasteiger partial charge in [0.25, 0.3) is 0 Å². The summed E-state index contributed by atoms with van der Waals surface area (Å²) in [5.41, 5.74) is 2.96. The molecule has 0 saturated carbocycles. The molecule has 1 amide bonds. The molecular weight excluding hydrogens is 226 g/mol. The lowest BCUT2D eigenvalue weighted by Crippen LogP contribution is -2.17. The van der Waals surface area contributed by atoms with Gasteiger partial charge in [0.15, 0.2) is 5.78 Å².